The van der Waals surface area contributed by atoms with Gasteiger partial charge in [0.15, 0.2) is 0 Å². The SMILES string of the molecule is O=C(O)C12CC3OC1C2C3O. The fourth-order valence-electron chi connectivity index (χ4n) is 2.73. The third-order valence-corrected chi connectivity index (χ3v) is 3.33. The minimum Gasteiger partial charge on any atom is -0.481 e. The van der Waals surface area contributed by atoms with E-state index in [4.69, 9.17) is 9.84 Å². The highest BCUT2D eigenvalue weighted by Gasteiger charge is 2.84. The Balaban J connectivity index is 2.04. The number of carboxylic acid groups (broad SMARTS) is 1. The molecule has 4 rings (SSSR count). The largest absolute Gasteiger partial charge is 0.481 e. The molecule has 5 unspecified atom stereocenters. The number of rotatable bonds is 1. The summed E-state index contributed by atoms with van der Waals surface area (Å²) in [6.07, 6.45) is -0.379. The second kappa shape index (κ2) is 1.32. The van der Waals surface area contributed by atoms with Crippen LogP contribution in [0.4, 0.5) is 0 Å². The molecule has 0 aromatic rings. The fourth-order valence-corrected chi connectivity index (χ4v) is 2.73. The first-order valence-corrected chi connectivity index (χ1v) is 3.75. The Morgan fingerprint density at radius 1 is 1.64 bits per heavy atom. The number of aliphatic hydroxyl groups is 1. The fraction of sp³-hybridized carbons (Fsp3) is 0.857. The molecule has 4 bridgehead atoms. The second-order valence-electron chi connectivity index (χ2n) is 3.66. The molecule has 0 aromatic heterocycles. The monoisotopic (exact) mass is 156 g/mol. The van der Waals surface area contributed by atoms with Gasteiger partial charge in [0.1, 0.15) is 5.41 Å². The van der Waals surface area contributed by atoms with Gasteiger partial charge in [0.25, 0.3) is 0 Å². The van der Waals surface area contributed by atoms with Gasteiger partial charge in [0, 0.05) is 5.92 Å². The zero-order valence-corrected chi connectivity index (χ0v) is 5.73. The molecule has 2 saturated heterocycles. The van der Waals surface area contributed by atoms with Crippen molar-refractivity contribution < 1.29 is 19.7 Å². The zero-order chi connectivity index (χ0) is 7.80. The molecule has 4 heteroatoms. The standard InChI is InChI=1S/C7H8O4/c8-4-2-1-7(6(9)10)3(4)5(7)11-2/h2-5,8H,1H2,(H,9,10). The molecule has 2 N–H and O–H groups in total. The molecule has 0 amide bonds. The summed E-state index contributed by atoms with van der Waals surface area (Å²) in [7, 11) is 0. The van der Waals surface area contributed by atoms with Gasteiger partial charge in [0.05, 0.1) is 18.3 Å². The summed E-state index contributed by atoms with van der Waals surface area (Å²) in [6, 6.07) is 0. The molecule has 2 aliphatic heterocycles. The van der Waals surface area contributed by atoms with Crippen molar-refractivity contribution in [1.29, 1.82) is 0 Å². The Bertz CT molecular complexity index is 251. The van der Waals surface area contributed by atoms with Crippen molar-refractivity contribution in [3.63, 3.8) is 0 Å². The van der Waals surface area contributed by atoms with Crippen LogP contribution in [0.15, 0.2) is 0 Å². The van der Waals surface area contributed by atoms with Crippen molar-refractivity contribution in [2.24, 2.45) is 11.3 Å². The van der Waals surface area contributed by atoms with Crippen LogP contribution in [-0.4, -0.2) is 34.5 Å². The molecule has 11 heavy (non-hydrogen) atoms. The summed E-state index contributed by atoms with van der Waals surface area (Å²) in [5, 5.41) is 18.2. The normalized spacial score (nSPS) is 63.4. The molecule has 2 saturated carbocycles. The lowest BCUT2D eigenvalue weighted by Crippen LogP contribution is -2.17. The minimum absolute atomic E-state index is 0.106. The Morgan fingerprint density at radius 3 is 2.55 bits per heavy atom. The highest BCUT2D eigenvalue weighted by atomic mass is 16.5. The Hall–Kier alpha value is -0.610. The van der Waals surface area contributed by atoms with E-state index in [1.807, 2.05) is 0 Å². The van der Waals surface area contributed by atoms with E-state index in [9.17, 15) is 9.90 Å². The van der Waals surface area contributed by atoms with Gasteiger partial charge in [0.2, 0.25) is 0 Å². The van der Waals surface area contributed by atoms with E-state index in [2.05, 4.69) is 0 Å². The summed E-state index contributed by atoms with van der Waals surface area (Å²) in [4.78, 5) is 10.8. The lowest BCUT2D eigenvalue weighted by atomic mass is 10.1. The molecule has 4 aliphatic rings. The van der Waals surface area contributed by atoms with Gasteiger partial charge in [-0.25, -0.2) is 0 Å². The predicted molar refractivity (Wildman–Crippen MR) is 32.8 cm³/mol. The van der Waals surface area contributed by atoms with Crippen molar-refractivity contribution in [2.75, 3.05) is 0 Å². The number of hydrogen-bond acceptors (Lipinski definition) is 3. The summed E-state index contributed by atoms with van der Waals surface area (Å²) >= 11 is 0. The second-order valence-corrected chi connectivity index (χ2v) is 3.66. The minimum atomic E-state index is -0.799. The first-order chi connectivity index (χ1) is 5.18. The molecule has 0 aromatic carbocycles. The van der Waals surface area contributed by atoms with Gasteiger partial charge in [-0.2, -0.15) is 0 Å². The van der Waals surface area contributed by atoms with E-state index in [1.165, 1.54) is 0 Å². The molecular formula is C7H8O4. The van der Waals surface area contributed by atoms with E-state index in [0.717, 1.165) is 0 Å². The Labute approximate surface area is 62.8 Å². The lowest BCUT2D eigenvalue weighted by molar-refractivity contribution is -0.144. The van der Waals surface area contributed by atoms with Crippen LogP contribution in [0.2, 0.25) is 0 Å². The summed E-state index contributed by atoms with van der Waals surface area (Å²) < 4.78 is 5.26. The van der Waals surface area contributed by atoms with E-state index >= 15 is 0 Å². The van der Waals surface area contributed by atoms with Crippen LogP contribution in [-0.2, 0) is 9.53 Å². The van der Waals surface area contributed by atoms with Gasteiger partial charge in [-0.1, -0.05) is 0 Å². The first-order valence-electron chi connectivity index (χ1n) is 3.75. The quantitative estimate of drug-likeness (QED) is 0.522. The van der Waals surface area contributed by atoms with Gasteiger partial charge in [-0.05, 0) is 6.42 Å². The van der Waals surface area contributed by atoms with Gasteiger partial charge in [-0.15, -0.1) is 0 Å². The summed E-state index contributed by atoms with van der Waals surface area (Å²) in [6.45, 7) is 0. The smallest absolute Gasteiger partial charge is 0.312 e. The van der Waals surface area contributed by atoms with E-state index < -0.39 is 17.5 Å². The molecule has 4 fully saturated rings. The maximum atomic E-state index is 10.8. The molecule has 2 heterocycles. The number of aliphatic hydroxyl groups excluding tert-OH is 1. The average Bonchev–Trinajstić information content (AvgIpc) is 2.32. The van der Waals surface area contributed by atoms with Crippen molar-refractivity contribution in [2.45, 2.75) is 24.7 Å². The average molecular weight is 156 g/mol. The first kappa shape index (κ1) is 5.97. The highest BCUT2D eigenvalue weighted by Crippen LogP contribution is 2.71. The van der Waals surface area contributed by atoms with Crippen LogP contribution < -0.4 is 0 Å². The summed E-state index contributed by atoms with van der Waals surface area (Å²) in [5.74, 6) is -0.906. The Kier molecular flexibility index (Phi) is 0.715. The van der Waals surface area contributed by atoms with Crippen molar-refractivity contribution >= 4 is 5.97 Å². The van der Waals surface area contributed by atoms with E-state index in [0.29, 0.717) is 6.42 Å². The van der Waals surface area contributed by atoms with Crippen molar-refractivity contribution in [3.05, 3.63) is 0 Å². The topological polar surface area (TPSA) is 66.8 Å². The van der Waals surface area contributed by atoms with Crippen molar-refractivity contribution in [3.8, 4) is 0 Å². The molecule has 5 atom stereocenters. The Morgan fingerprint density at radius 2 is 2.36 bits per heavy atom. The third-order valence-electron chi connectivity index (χ3n) is 3.33. The molecule has 4 nitrogen and oxygen atoms in total. The molecular weight excluding hydrogens is 148 g/mol. The van der Waals surface area contributed by atoms with Crippen LogP contribution in [0.1, 0.15) is 6.42 Å². The van der Waals surface area contributed by atoms with Crippen LogP contribution in [0, 0.1) is 11.3 Å². The highest BCUT2D eigenvalue weighted by molar-refractivity contribution is 5.82. The zero-order valence-electron chi connectivity index (χ0n) is 5.73. The van der Waals surface area contributed by atoms with Crippen molar-refractivity contribution in [1.82, 2.24) is 0 Å². The van der Waals surface area contributed by atoms with E-state index in [-0.39, 0.29) is 18.1 Å². The third kappa shape index (κ3) is 0.387. The number of carbonyl (C=O) groups is 1. The van der Waals surface area contributed by atoms with Gasteiger partial charge >= 0.3 is 5.97 Å². The molecule has 60 valence electrons. The van der Waals surface area contributed by atoms with Crippen LogP contribution in [0.5, 0.6) is 0 Å². The molecule has 0 radical (unpaired) electrons. The van der Waals surface area contributed by atoms with Gasteiger partial charge in [-0.3, -0.25) is 4.79 Å². The van der Waals surface area contributed by atoms with Crippen LogP contribution >= 0.6 is 0 Å². The van der Waals surface area contributed by atoms with Gasteiger partial charge < -0.3 is 14.9 Å². The summed E-state index contributed by atoms with van der Waals surface area (Å²) in [5.41, 5.74) is -0.690. The molecule has 0 spiro atoms. The number of carboxylic acids is 1. The van der Waals surface area contributed by atoms with Crippen LogP contribution in [0.3, 0.4) is 0 Å². The maximum absolute atomic E-state index is 10.8. The predicted octanol–water partition coefficient (Wildman–Crippen LogP) is -0.781. The number of hydrogen-bond donors (Lipinski definition) is 2. The molecule has 2 aliphatic carbocycles. The number of aliphatic carboxylic acids is 1. The van der Waals surface area contributed by atoms with E-state index in [1.54, 1.807) is 0 Å². The lowest BCUT2D eigenvalue weighted by Gasteiger charge is -2.02. The maximum Gasteiger partial charge on any atom is 0.312 e. The van der Waals surface area contributed by atoms with Crippen LogP contribution in [0.25, 0.3) is 0 Å². The number of ether oxygens (including phenoxy) is 1.